The fraction of sp³-hybridized carbons (Fsp3) is 0.167. The average molecular weight is 259 g/mol. The van der Waals surface area contributed by atoms with Gasteiger partial charge in [-0.3, -0.25) is 0 Å². The maximum absolute atomic E-state index is 5.30. The molecule has 1 radical (unpaired) electrons. The van der Waals surface area contributed by atoms with E-state index in [1.165, 1.54) is 21.9 Å². The molecule has 2 aromatic heterocycles. The minimum atomic E-state index is 0.469. The van der Waals surface area contributed by atoms with Crippen LogP contribution in [-0.4, -0.2) is 31.9 Å². The maximum Gasteiger partial charge on any atom is 0.658 e. The molecule has 19 heavy (non-hydrogen) atoms. The molecule has 0 bridgehead atoms. The summed E-state index contributed by atoms with van der Waals surface area (Å²) in [5, 5.41) is 0. The first-order valence-corrected chi connectivity index (χ1v) is 5.47. The van der Waals surface area contributed by atoms with Crippen molar-refractivity contribution in [2.75, 3.05) is 14.2 Å². The van der Waals surface area contributed by atoms with Crippen molar-refractivity contribution in [3.05, 3.63) is 36.7 Å². The lowest BCUT2D eigenvalue weighted by Gasteiger charge is -2.07. The molecule has 97 valence electrons. The Kier molecular flexibility index (Phi) is 4.44. The minimum absolute atomic E-state index is 0.469. The van der Waals surface area contributed by atoms with Crippen LogP contribution < -0.4 is 18.8 Å². The second-order valence-corrected chi connectivity index (χ2v) is 3.40. The van der Waals surface area contributed by atoms with Gasteiger partial charge in [0.1, 0.15) is 11.5 Å². The highest BCUT2D eigenvalue weighted by Crippen LogP contribution is 2.17. The van der Waals surface area contributed by atoms with E-state index in [1.54, 1.807) is 36.7 Å². The zero-order valence-corrected chi connectivity index (χ0v) is 10.6. The van der Waals surface area contributed by atoms with Crippen LogP contribution >= 0.6 is 0 Å². The molecular weight excluding hydrogens is 247 g/mol. The van der Waals surface area contributed by atoms with Crippen LogP contribution in [0.2, 0.25) is 0 Å². The third-order valence-electron chi connectivity index (χ3n) is 2.20. The molecule has 6 nitrogen and oxygen atoms in total. The van der Waals surface area contributed by atoms with E-state index in [0.29, 0.717) is 23.3 Å². The standard InChI is InChI=1S/C12H12BN2O4/c1-16-11-7-9(3-5-14-11)18-13-19-10-4-6-15-12(8-10)17-2/h3-8H,1-2H3. The zero-order valence-electron chi connectivity index (χ0n) is 10.6. The van der Waals surface area contributed by atoms with Crippen LogP contribution in [-0.2, 0) is 0 Å². The van der Waals surface area contributed by atoms with Crippen molar-refractivity contribution in [2.24, 2.45) is 0 Å². The van der Waals surface area contributed by atoms with Gasteiger partial charge in [0.25, 0.3) is 0 Å². The van der Waals surface area contributed by atoms with Crippen molar-refractivity contribution in [2.45, 2.75) is 0 Å². The Bertz CT molecular complexity index is 491. The van der Waals surface area contributed by atoms with Crippen LogP contribution in [0.3, 0.4) is 0 Å². The maximum atomic E-state index is 5.30. The van der Waals surface area contributed by atoms with E-state index >= 15 is 0 Å². The minimum Gasteiger partial charge on any atom is -0.526 e. The summed E-state index contributed by atoms with van der Waals surface area (Å²) in [6, 6.07) is 6.67. The second kappa shape index (κ2) is 6.48. The van der Waals surface area contributed by atoms with E-state index < -0.39 is 0 Å². The molecule has 0 N–H and O–H groups in total. The number of hydrogen-bond acceptors (Lipinski definition) is 6. The van der Waals surface area contributed by atoms with Gasteiger partial charge < -0.3 is 18.8 Å². The lowest BCUT2D eigenvalue weighted by atomic mass is 10.3. The van der Waals surface area contributed by atoms with E-state index in [-0.39, 0.29) is 0 Å². The molecule has 0 fully saturated rings. The number of aromatic nitrogens is 2. The van der Waals surface area contributed by atoms with Gasteiger partial charge in [0, 0.05) is 24.5 Å². The molecule has 0 amide bonds. The van der Waals surface area contributed by atoms with E-state index in [1.807, 2.05) is 0 Å². The number of ether oxygens (including phenoxy) is 2. The number of rotatable bonds is 6. The fourth-order valence-electron chi connectivity index (χ4n) is 1.29. The molecule has 0 unspecified atom stereocenters. The van der Waals surface area contributed by atoms with Crippen molar-refractivity contribution >= 4 is 7.69 Å². The largest absolute Gasteiger partial charge is 0.658 e. The number of hydrogen-bond donors (Lipinski definition) is 0. The number of nitrogens with zero attached hydrogens (tertiary/aromatic N) is 2. The van der Waals surface area contributed by atoms with Gasteiger partial charge in [-0.2, -0.15) is 0 Å². The average Bonchev–Trinajstić information content (AvgIpc) is 2.48. The lowest BCUT2D eigenvalue weighted by Crippen LogP contribution is -2.11. The second-order valence-electron chi connectivity index (χ2n) is 3.40. The van der Waals surface area contributed by atoms with Gasteiger partial charge >= 0.3 is 7.69 Å². The Hall–Kier alpha value is -2.44. The fourth-order valence-corrected chi connectivity index (χ4v) is 1.29. The highest BCUT2D eigenvalue weighted by Gasteiger charge is 2.04. The Morgan fingerprint density at radius 2 is 1.32 bits per heavy atom. The van der Waals surface area contributed by atoms with Gasteiger partial charge in [-0.05, 0) is 12.1 Å². The van der Waals surface area contributed by atoms with Crippen LogP contribution in [0.4, 0.5) is 0 Å². The van der Waals surface area contributed by atoms with E-state index in [4.69, 9.17) is 18.8 Å². The summed E-state index contributed by atoms with van der Waals surface area (Å²) in [6.07, 6.45) is 3.16. The molecule has 0 saturated heterocycles. The molecule has 0 aliphatic heterocycles. The van der Waals surface area contributed by atoms with Crippen LogP contribution in [0, 0.1) is 0 Å². The van der Waals surface area contributed by atoms with Crippen molar-refractivity contribution in [1.82, 2.24) is 9.97 Å². The summed E-state index contributed by atoms with van der Waals surface area (Å²) >= 11 is 0. The number of methoxy groups -OCH3 is 2. The predicted molar refractivity (Wildman–Crippen MR) is 68.6 cm³/mol. The van der Waals surface area contributed by atoms with Crippen molar-refractivity contribution < 1.29 is 18.8 Å². The third kappa shape index (κ3) is 3.77. The first kappa shape index (κ1) is 13.0. The molecule has 0 aliphatic rings. The van der Waals surface area contributed by atoms with Gasteiger partial charge in [-0.15, -0.1) is 0 Å². The molecule has 0 aliphatic carbocycles. The van der Waals surface area contributed by atoms with Crippen molar-refractivity contribution in [1.29, 1.82) is 0 Å². The van der Waals surface area contributed by atoms with Crippen LogP contribution in [0.25, 0.3) is 0 Å². The molecule has 2 heterocycles. The quantitative estimate of drug-likeness (QED) is 0.732. The van der Waals surface area contributed by atoms with Gasteiger partial charge in [-0.25, -0.2) is 9.97 Å². The zero-order chi connectivity index (χ0) is 13.5. The summed E-state index contributed by atoms with van der Waals surface area (Å²) in [5.74, 6) is 2.06. The molecule has 2 rings (SSSR count). The summed E-state index contributed by atoms with van der Waals surface area (Å²) in [4.78, 5) is 7.93. The Morgan fingerprint density at radius 3 is 1.74 bits per heavy atom. The summed E-state index contributed by atoms with van der Waals surface area (Å²) in [5.41, 5.74) is 0. The topological polar surface area (TPSA) is 62.7 Å². The Balaban J connectivity index is 1.88. The highest BCUT2D eigenvalue weighted by molar-refractivity contribution is 6.20. The summed E-state index contributed by atoms with van der Waals surface area (Å²) in [7, 11) is 4.29. The highest BCUT2D eigenvalue weighted by atomic mass is 16.6. The molecule has 7 heteroatoms. The normalized spacial score (nSPS) is 9.58. The summed E-state index contributed by atoms with van der Waals surface area (Å²) in [6.45, 7) is 0. The SMILES string of the molecule is COc1cc(O[B]Oc2ccnc(OC)c2)ccn1. The van der Waals surface area contributed by atoms with Gasteiger partial charge in [0.15, 0.2) is 0 Å². The Labute approximate surface area is 111 Å². The first-order valence-electron chi connectivity index (χ1n) is 5.47. The van der Waals surface area contributed by atoms with Crippen molar-refractivity contribution in [3.8, 4) is 23.3 Å². The van der Waals surface area contributed by atoms with Gasteiger partial charge in [0.2, 0.25) is 11.8 Å². The van der Waals surface area contributed by atoms with Crippen LogP contribution in [0.15, 0.2) is 36.7 Å². The lowest BCUT2D eigenvalue weighted by molar-refractivity contribution is 0.390. The molecule has 2 aromatic rings. The van der Waals surface area contributed by atoms with Crippen molar-refractivity contribution in [3.63, 3.8) is 0 Å². The van der Waals surface area contributed by atoms with E-state index in [0.717, 1.165) is 0 Å². The number of pyridine rings is 2. The van der Waals surface area contributed by atoms with Gasteiger partial charge in [-0.1, -0.05) is 0 Å². The molecular formula is C12H12BN2O4. The van der Waals surface area contributed by atoms with E-state index in [2.05, 4.69) is 9.97 Å². The summed E-state index contributed by atoms with van der Waals surface area (Å²) < 4.78 is 20.6. The van der Waals surface area contributed by atoms with E-state index in [9.17, 15) is 0 Å². The Morgan fingerprint density at radius 1 is 0.842 bits per heavy atom. The van der Waals surface area contributed by atoms with Crippen LogP contribution in [0.5, 0.6) is 23.3 Å². The third-order valence-corrected chi connectivity index (χ3v) is 2.20. The smallest absolute Gasteiger partial charge is 0.526 e. The first-order chi connectivity index (χ1) is 9.31. The van der Waals surface area contributed by atoms with Crippen LogP contribution in [0.1, 0.15) is 0 Å². The molecule has 0 aromatic carbocycles. The van der Waals surface area contributed by atoms with Gasteiger partial charge in [0.05, 0.1) is 14.2 Å². The molecule has 0 saturated carbocycles. The predicted octanol–water partition coefficient (Wildman–Crippen LogP) is 1.49. The monoisotopic (exact) mass is 259 g/mol. The molecule has 0 atom stereocenters. The molecule has 0 spiro atoms.